The van der Waals surface area contributed by atoms with Crippen molar-refractivity contribution in [3.63, 3.8) is 0 Å². The van der Waals surface area contributed by atoms with Crippen LogP contribution in [0.1, 0.15) is 126 Å². The molecule has 4 rings (SSSR count). The lowest BCUT2D eigenvalue weighted by molar-refractivity contribution is -0.200. The highest BCUT2D eigenvalue weighted by Crippen LogP contribution is 2.77. The Morgan fingerprint density at radius 3 is 1.62 bits per heavy atom. The molecule has 0 heterocycles. The first-order valence-corrected chi connectivity index (χ1v) is 14.4. The molecular formula is C30H50O4. The third-order valence-electron chi connectivity index (χ3n) is 11.1. The van der Waals surface area contributed by atoms with Crippen LogP contribution in [0.25, 0.3) is 0 Å². The van der Waals surface area contributed by atoms with Crippen LogP contribution in [0, 0.1) is 45.3 Å². The summed E-state index contributed by atoms with van der Waals surface area (Å²) in [5, 5.41) is 0. The Morgan fingerprint density at radius 1 is 0.735 bits per heavy atom. The van der Waals surface area contributed by atoms with Crippen LogP contribution < -0.4 is 0 Å². The van der Waals surface area contributed by atoms with Crippen molar-refractivity contribution in [2.24, 2.45) is 45.3 Å². The van der Waals surface area contributed by atoms with Gasteiger partial charge in [-0.3, -0.25) is 9.59 Å². The molecule has 0 aromatic heterocycles. The summed E-state index contributed by atoms with van der Waals surface area (Å²) in [6.45, 7) is 15.6. The van der Waals surface area contributed by atoms with Crippen molar-refractivity contribution in [3.8, 4) is 0 Å². The molecule has 4 nitrogen and oxygen atoms in total. The van der Waals surface area contributed by atoms with E-state index in [1.807, 2.05) is 0 Å². The summed E-state index contributed by atoms with van der Waals surface area (Å²) >= 11 is 0. The number of ether oxygens (including phenoxy) is 2. The van der Waals surface area contributed by atoms with Gasteiger partial charge in [0.05, 0.1) is 10.8 Å². The Balaban J connectivity index is 1.46. The predicted octanol–water partition coefficient (Wildman–Crippen LogP) is 7.68. The lowest BCUT2D eigenvalue weighted by Crippen LogP contribution is -2.37. The quantitative estimate of drug-likeness (QED) is 0.185. The maximum Gasteiger partial charge on any atom is 0.316 e. The fourth-order valence-electron chi connectivity index (χ4n) is 8.65. The van der Waals surface area contributed by atoms with Crippen molar-refractivity contribution in [1.29, 1.82) is 0 Å². The van der Waals surface area contributed by atoms with E-state index in [1.54, 1.807) is 0 Å². The van der Waals surface area contributed by atoms with Crippen molar-refractivity contribution in [2.75, 3.05) is 0 Å². The van der Waals surface area contributed by atoms with E-state index in [9.17, 15) is 9.59 Å². The van der Waals surface area contributed by atoms with E-state index in [2.05, 4.69) is 48.5 Å². The zero-order valence-electron chi connectivity index (χ0n) is 23.0. The standard InChI is InChI=1S/C30H50O4/c1-8-9-10-11-12-13-24(33-25(31)29-18-20(2)14-16-22(29)27(29,4)5)34-26(32)30-19-21(3)15-17-23(30)28(30,6)7/h20-24H,8-19H2,1-7H3. The van der Waals surface area contributed by atoms with Crippen molar-refractivity contribution in [3.05, 3.63) is 0 Å². The van der Waals surface area contributed by atoms with Crippen LogP contribution in [0.5, 0.6) is 0 Å². The van der Waals surface area contributed by atoms with Gasteiger partial charge in [-0.05, 0) is 66.6 Å². The average Bonchev–Trinajstić information content (AvgIpc) is 3.49. The first-order chi connectivity index (χ1) is 15.9. The van der Waals surface area contributed by atoms with E-state index in [1.165, 1.54) is 32.1 Å². The highest BCUT2D eigenvalue weighted by Gasteiger charge is 2.78. The highest BCUT2D eigenvalue weighted by molar-refractivity contribution is 5.85. The van der Waals surface area contributed by atoms with Crippen LogP contribution in [-0.2, 0) is 19.1 Å². The molecule has 0 radical (unpaired) electrons. The molecule has 4 aliphatic carbocycles. The molecule has 4 fully saturated rings. The number of unbranched alkanes of at least 4 members (excludes halogenated alkanes) is 4. The number of carbonyl (C=O) groups is 2. The van der Waals surface area contributed by atoms with Crippen LogP contribution >= 0.6 is 0 Å². The summed E-state index contributed by atoms with van der Waals surface area (Å²) in [7, 11) is 0. The van der Waals surface area contributed by atoms with Gasteiger partial charge in [0.2, 0.25) is 6.29 Å². The van der Waals surface area contributed by atoms with Crippen LogP contribution in [0.4, 0.5) is 0 Å². The second-order valence-corrected chi connectivity index (χ2v) is 13.7. The molecular weight excluding hydrogens is 424 g/mol. The van der Waals surface area contributed by atoms with Gasteiger partial charge < -0.3 is 9.47 Å². The van der Waals surface area contributed by atoms with Gasteiger partial charge in [-0.25, -0.2) is 0 Å². The number of fused-ring (bicyclic) bond motifs is 2. The Kier molecular flexibility index (Phi) is 6.97. The Morgan fingerprint density at radius 2 is 1.18 bits per heavy atom. The van der Waals surface area contributed by atoms with Crippen molar-refractivity contribution < 1.29 is 19.1 Å². The Hall–Kier alpha value is -1.06. The van der Waals surface area contributed by atoms with Crippen LogP contribution in [0.15, 0.2) is 0 Å². The lowest BCUT2D eigenvalue weighted by Gasteiger charge is -2.31. The third-order valence-corrected chi connectivity index (χ3v) is 11.1. The van der Waals surface area contributed by atoms with Crippen molar-refractivity contribution in [1.82, 2.24) is 0 Å². The minimum atomic E-state index is -0.742. The minimum absolute atomic E-state index is 0.0222. The molecule has 0 N–H and O–H groups in total. The van der Waals surface area contributed by atoms with E-state index in [-0.39, 0.29) is 22.8 Å². The molecule has 6 unspecified atom stereocenters. The van der Waals surface area contributed by atoms with Gasteiger partial charge in [0, 0.05) is 6.42 Å². The topological polar surface area (TPSA) is 52.6 Å². The van der Waals surface area contributed by atoms with E-state index >= 15 is 0 Å². The minimum Gasteiger partial charge on any atom is -0.425 e. The summed E-state index contributed by atoms with van der Waals surface area (Å²) in [6, 6.07) is 0. The zero-order chi connectivity index (χ0) is 24.9. The van der Waals surface area contributed by atoms with E-state index in [0.717, 1.165) is 38.5 Å². The monoisotopic (exact) mass is 474 g/mol. The van der Waals surface area contributed by atoms with Gasteiger partial charge in [0.25, 0.3) is 0 Å². The molecule has 34 heavy (non-hydrogen) atoms. The summed E-state index contributed by atoms with van der Waals surface area (Å²) in [5.74, 6) is 1.65. The van der Waals surface area contributed by atoms with Crippen LogP contribution in [0.3, 0.4) is 0 Å². The molecule has 0 spiro atoms. The number of rotatable bonds is 10. The van der Waals surface area contributed by atoms with Crippen molar-refractivity contribution in [2.45, 2.75) is 132 Å². The normalized spacial score (nSPS) is 39.9. The third kappa shape index (κ3) is 3.94. The van der Waals surface area contributed by atoms with Gasteiger partial charge >= 0.3 is 11.9 Å². The molecule has 0 aromatic carbocycles. The summed E-state index contributed by atoms with van der Waals surface area (Å²) in [4.78, 5) is 27.4. The fraction of sp³-hybridized carbons (Fsp3) is 0.933. The van der Waals surface area contributed by atoms with Gasteiger partial charge in [0.1, 0.15) is 0 Å². The molecule has 4 heteroatoms. The Labute approximate surface area is 208 Å². The molecule has 0 bridgehead atoms. The molecule has 0 aromatic rings. The number of carbonyl (C=O) groups excluding carboxylic acids is 2. The van der Waals surface area contributed by atoms with Crippen molar-refractivity contribution >= 4 is 11.9 Å². The number of hydrogen-bond donors (Lipinski definition) is 0. The summed E-state index contributed by atoms with van der Waals surface area (Å²) in [5.41, 5.74) is -0.829. The summed E-state index contributed by atoms with van der Waals surface area (Å²) in [6.07, 6.45) is 11.9. The number of hydrogen-bond acceptors (Lipinski definition) is 4. The number of esters is 2. The average molecular weight is 475 g/mol. The van der Waals surface area contributed by atoms with Crippen LogP contribution in [-0.4, -0.2) is 18.2 Å². The Bertz CT molecular complexity index is 727. The molecule has 0 aliphatic heterocycles. The first kappa shape index (κ1) is 26.0. The van der Waals surface area contributed by atoms with E-state index in [4.69, 9.17) is 9.47 Å². The highest BCUT2D eigenvalue weighted by atomic mass is 16.7. The fourth-order valence-corrected chi connectivity index (χ4v) is 8.65. The molecule has 0 saturated heterocycles. The molecule has 4 aliphatic rings. The van der Waals surface area contributed by atoms with E-state index < -0.39 is 17.1 Å². The van der Waals surface area contributed by atoms with E-state index in [0.29, 0.717) is 30.1 Å². The second kappa shape index (κ2) is 9.11. The SMILES string of the molecule is CCCCCCCC(OC(=O)C12CC(C)CCC1C2(C)C)OC(=O)C12CC(C)CCC1C2(C)C. The van der Waals surface area contributed by atoms with Gasteiger partial charge in [0.15, 0.2) is 0 Å². The second-order valence-electron chi connectivity index (χ2n) is 13.7. The van der Waals surface area contributed by atoms with Gasteiger partial charge in [-0.1, -0.05) is 87.0 Å². The molecule has 194 valence electrons. The maximum atomic E-state index is 13.7. The maximum absolute atomic E-state index is 13.7. The first-order valence-electron chi connectivity index (χ1n) is 14.4. The smallest absolute Gasteiger partial charge is 0.316 e. The zero-order valence-corrected chi connectivity index (χ0v) is 23.0. The molecule has 0 amide bonds. The summed E-state index contributed by atoms with van der Waals surface area (Å²) < 4.78 is 12.3. The van der Waals surface area contributed by atoms with Crippen LogP contribution in [0.2, 0.25) is 0 Å². The molecule has 6 atom stereocenters. The predicted molar refractivity (Wildman–Crippen MR) is 135 cm³/mol. The van der Waals surface area contributed by atoms with Gasteiger partial charge in [-0.2, -0.15) is 0 Å². The largest absolute Gasteiger partial charge is 0.425 e. The molecule has 4 saturated carbocycles. The lowest BCUT2D eigenvalue weighted by atomic mass is 9.80. The van der Waals surface area contributed by atoms with Gasteiger partial charge in [-0.15, -0.1) is 0 Å².